The SMILES string of the molecule is CCNC(c1cc(C)c(C)cc1C)C1CCCO1. The lowest BCUT2D eigenvalue weighted by Gasteiger charge is -2.26. The van der Waals surface area contributed by atoms with E-state index in [0.717, 1.165) is 13.2 Å². The fraction of sp³-hybridized carbons (Fsp3) is 0.625. The van der Waals surface area contributed by atoms with Crippen molar-refractivity contribution in [3.63, 3.8) is 0 Å². The van der Waals surface area contributed by atoms with Crippen LogP contribution in [0.15, 0.2) is 12.1 Å². The Hall–Kier alpha value is -0.860. The Balaban J connectivity index is 2.32. The Morgan fingerprint density at radius 2 is 1.94 bits per heavy atom. The summed E-state index contributed by atoms with van der Waals surface area (Å²) >= 11 is 0. The second kappa shape index (κ2) is 5.85. The lowest BCUT2D eigenvalue weighted by Crippen LogP contribution is -2.32. The van der Waals surface area contributed by atoms with Crippen LogP contribution in [0.25, 0.3) is 0 Å². The van der Waals surface area contributed by atoms with Crippen LogP contribution in [-0.4, -0.2) is 19.3 Å². The number of aryl methyl sites for hydroxylation is 3. The molecule has 0 amide bonds. The van der Waals surface area contributed by atoms with Crippen LogP contribution in [0.1, 0.15) is 48.1 Å². The molecule has 0 saturated carbocycles. The molecule has 1 aliphatic rings. The third kappa shape index (κ3) is 2.76. The van der Waals surface area contributed by atoms with Gasteiger partial charge in [-0.05, 0) is 62.4 Å². The van der Waals surface area contributed by atoms with E-state index in [1.807, 2.05) is 0 Å². The van der Waals surface area contributed by atoms with E-state index in [1.165, 1.54) is 35.1 Å². The first kappa shape index (κ1) is 13.6. The Labute approximate surface area is 111 Å². The van der Waals surface area contributed by atoms with Crippen molar-refractivity contribution in [1.82, 2.24) is 5.32 Å². The van der Waals surface area contributed by atoms with Gasteiger partial charge in [-0.1, -0.05) is 19.1 Å². The highest BCUT2D eigenvalue weighted by Gasteiger charge is 2.27. The first-order valence-corrected chi connectivity index (χ1v) is 7.06. The molecule has 2 rings (SSSR count). The Kier molecular flexibility index (Phi) is 4.41. The first-order chi connectivity index (χ1) is 8.63. The molecule has 1 heterocycles. The first-order valence-electron chi connectivity index (χ1n) is 7.06. The van der Waals surface area contributed by atoms with E-state index in [9.17, 15) is 0 Å². The van der Waals surface area contributed by atoms with Gasteiger partial charge in [0.1, 0.15) is 0 Å². The summed E-state index contributed by atoms with van der Waals surface area (Å²) in [5.74, 6) is 0. The van der Waals surface area contributed by atoms with Gasteiger partial charge in [0.15, 0.2) is 0 Å². The van der Waals surface area contributed by atoms with Gasteiger partial charge in [0.25, 0.3) is 0 Å². The maximum Gasteiger partial charge on any atom is 0.0770 e. The minimum absolute atomic E-state index is 0.339. The highest BCUT2D eigenvalue weighted by Crippen LogP contribution is 2.30. The van der Waals surface area contributed by atoms with Gasteiger partial charge in [0.05, 0.1) is 12.1 Å². The van der Waals surface area contributed by atoms with Gasteiger partial charge in [-0.3, -0.25) is 0 Å². The summed E-state index contributed by atoms with van der Waals surface area (Å²) < 4.78 is 5.88. The molecule has 2 atom stereocenters. The van der Waals surface area contributed by atoms with Gasteiger partial charge in [0.2, 0.25) is 0 Å². The average molecular weight is 247 g/mol. The third-order valence-corrected chi connectivity index (χ3v) is 3.98. The largest absolute Gasteiger partial charge is 0.376 e. The summed E-state index contributed by atoms with van der Waals surface area (Å²) in [6, 6.07) is 4.97. The minimum Gasteiger partial charge on any atom is -0.376 e. The van der Waals surface area contributed by atoms with Crippen LogP contribution in [0.2, 0.25) is 0 Å². The van der Waals surface area contributed by atoms with Crippen LogP contribution in [0.4, 0.5) is 0 Å². The van der Waals surface area contributed by atoms with Crippen molar-refractivity contribution in [2.45, 2.75) is 52.7 Å². The molecule has 1 N–H and O–H groups in total. The molecule has 18 heavy (non-hydrogen) atoms. The van der Waals surface area contributed by atoms with E-state index in [1.54, 1.807) is 0 Å². The van der Waals surface area contributed by atoms with Crippen LogP contribution in [0.3, 0.4) is 0 Å². The molecule has 1 fully saturated rings. The number of rotatable bonds is 4. The van der Waals surface area contributed by atoms with Gasteiger partial charge < -0.3 is 10.1 Å². The summed E-state index contributed by atoms with van der Waals surface area (Å²) in [6.07, 6.45) is 2.70. The highest BCUT2D eigenvalue weighted by atomic mass is 16.5. The molecule has 2 heteroatoms. The van der Waals surface area contributed by atoms with Crippen LogP contribution >= 0.6 is 0 Å². The topological polar surface area (TPSA) is 21.3 Å². The van der Waals surface area contributed by atoms with Gasteiger partial charge >= 0.3 is 0 Å². The number of nitrogens with one attached hydrogen (secondary N) is 1. The maximum atomic E-state index is 5.88. The molecule has 0 bridgehead atoms. The molecule has 1 saturated heterocycles. The van der Waals surface area contributed by atoms with E-state index in [-0.39, 0.29) is 0 Å². The van der Waals surface area contributed by atoms with Crippen LogP contribution in [0, 0.1) is 20.8 Å². The zero-order valence-corrected chi connectivity index (χ0v) is 12.0. The Morgan fingerprint density at radius 1 is 1.22 bits per heavy atom. The predicted octanol–water partition coefficient (Wildman–Crippen LogP) is 3.44. The molecule has 1 aromatic carbocycles. The predicted molar refractivity (Wildman–Crippen MR) is 76.0 cm³/mol. The fourth-order valence-electron chi connectivity index (χ4n) is 2.84. The van der Waals surface area contributed by atoms with Gasteiger partial charge in [0, 0.05) is 6.61 Å². The zero-order chi connectivity index (χ0) is 13.1. The molecule has 1 aliphatic heterocycles. The normalized spacial score (nSPS) is 21.2. The summed E-state index contributed by atoms with van der Waals surface area (Å²) in [7, 11) is 0. The Morgan fingerprint density at radius 3 is 2.56 bits per heavy atom. The van der Waals surface area contributed by atoms with Crippen LogP contribution in [-0.2, 0) is 4.74 Å². The summed E-state index contributed by atoms with van der Waals surface area (Å²) in [5.41, 5.74) is 5.53. The summed E-state index contributed by atoms with van der Waals surface area (Å²) in [4.78, 5) is 0. The number of hydrogen-bond acceptors (Lipinski definition) is 2. The van der Waals surface area contributed by atoms with E-state index in [2.05, 4.69) is 45.1 Å². The van der Waals surface area contributed by atoms with E-state index >= 15 is 0 Å². The lowest BCUT2D eigenvalue weighted by molar-refractivity contribution is 0.0786. The standard InChI is InChI=1S/C16H25NO/c1-5-17-16(15-7-6-8-18-15)14-10-12(3)11(2)9-13(14)4/h9-10,15-17H,5-8H2,1-4H3. The average Bonchev–Trinajstić information content (AvgIpc) is 2.85. The summed E-state index contributed by atoms with van der Waals surface area (Å²) in [5, 5.41) is 3.60. The fourth-order valence-corrected chi connectivity index (χ4v) is 2.84. The van der Waals surface area contributed by atoms with Gasteiger partial charge in [-0.25, -0.2) is 0 Å². The summed E-state index contributed by atoms with van der Waals surface area (Å²) in [6.45, 7) is 10.6. The molecular formula is C16H25NO. The highest BCUT2D eigenvalue weighted by molar-refractivity contribution is 5.38. The molecule has 0 aromatic heterocycles. The molecule has 100 valence electrons. The van der Waals surface area contributed by atoms with Crippen LogP contribution < -0.4 is 5.32 Å². The van der Waals surface area contributed by atoms with Crippen molar-refractivity contribution < 1.29 is 4.74 Å². The molecule has 2 unspecified atom stereocenters. The second-order valence-electron chi connectivity index (χ2n) is 5.38. The third-order valence-electron chi connectivity index (χ3n) is 3.98. The maximum absolute atomic E-state index is 5.88. The Bertz CT molecular complexity index is 408. The number of ether oxygens (including phenoxy) is 1. The number of hydrogen-bond donors (Lipinski definition) is 1. The van der Waals surface area contributed by atoms with Gasteiger partial charge in [-0.15, -0.1) is 0 Å². The minimum atomic E-state index is 0.339. The zero-order valence-electron chi connectivity index (χ0n) is 12.0. The monoisotopic (exact) mass is 247 g/mol. The smallest absolute Gasteiger partial charge is 0.0770 e. The van der Waals surface area contributed by atoms with Crippen LogP contribution in [0.5, 0.6) is 0 Å². The molecular weight excluding hydrogens is 222 g/mol. The lowest BCUT2D eigenvalue weighted by atomic mass is 9.92. The molecule has 0 spiro atoms. The van der Waals surface area contributed by atoms with Crippen molar-refractivity contribution in [3.05, 3.63) is 34.4 Å². The van der Waals surface area contributed by atoms with Crippen molar-refractivity contribution >= 4 is 0 Å². The van der Waals surface area contributed by atoms with E-state index < -0.39 is 0 Å². The van der Waals surface area contributed by atoms with Crippen molar-refractivity contribution in [2.75, 3.05) is 13.2 Å². The van der Waals surface area contributed by atoms with E-state index in [0.29, 0.717) is 12.1 Å². The molecule has 0 aliphatic carbocycles. The molecule has 0 radical (unpaired) electrons. The molecule has 2 nitrogen and oxygen atoms in total. The number of benzene rings is 1. The van der Waals surface area contributed by atoms with Crippen molar-refractivity contribution in [3.8, 4) is 0 Å². The van der Waals surface area contributed by atoms with Crippen molar-refractivity contribution in [2.24, 2.45) is 0 Å². The molecule has 1 aromatic rings. The second-order valence-corrected chi connectivity index (χ2v) is 5.38. The number of likely N-dealkylation sites (N-methyl/N-ethyl adjacent to an activating group) is 1. The van der Waals surface area contributed by atoms with Crippen molar-refractivity contribution in [1.29, 1.82) is 0 Å². The van der Waals surface area contributed by atoms with E-state index in [4.69, 9.17) is 4.74 Å². The van der Waals surface area contributed by atoms with Gasteiger partial charge in [-0.2, -0.15) is 0 Å². The quantitative estimate of drug-likeness (QED) is 0.880.